The van der Waals surface area contributed by atoms with Gasteiger partial charge in [0.05, 0.1) is 21.1 Å². The van der Waals surface area contributed by atoms with Crippen LogP contribution in [0.25, 0.3) is 0 Å². The number of carbonyl (C=O) groups is 2. The van der Waals surface area contributed by atoms with Crippen LogP contribution >= 0.6 is 45.9 Å². The first kappa shape index (κ1) is 19.6. The van der Waals surface area contributed by atoms with Crippen LogP contribution in [0.2, 0.25) is 8.67 Å². The first-order valence-corrected chi connectivity index (χ1v) is 9.56. The lowest BCUT2D eigenvalue weighted by molar-refractivity contribution is -0.122. The van der Waals surface area contributed by atoms with Crippen LogP contribution in [0.3, 0.4) is 0 Å². The molecule has 0 fully saturated rings. The molecule has 132 valence electrons. The number of amides is 2. The summed E-state index contributed by atoms with van der Waals surface area (Å²) in [6, 6.07) is 7.11. The molecule has 2 aromatic heterocycles. The Balaban J connectivity index is 1.59. The van der Waals surface area contributed by atoms with Crippen LogP contribution < -0.4 is 10.9 Å². The molecule has 0 atom stereocenters. The smallest absolute Gasteiger partial charge is 0.240 e. The third kappa shape index (κ3) is 7.78. The third-order valence-corrected chi connectivity index (χ3v) is 5.09. The van der Waals surface area contributed by atoms with Crippen molar-refractivity contribution in [3.05, 3.63) is 42.7 Å². The van der Waals surface area contributed by atoms with Crippen LogP contribution in [0.15, 0.2) is 34.5 Å². The van der Waals surface area contributed by atoms with Crippen molar-refractivity contribution in [3.8, 4) is 0 Å². The molecule has 2 heterocycles. The summed E-state index contributed by atoms with van der Waals surface area (Å²) in [7, 11) is 0. The van der Waals surface area contributed by atoms with Gasteiger partial charge in [-0.05, 0) is 30.7 Å². The maximum absolute atomic E-state index is 11.6. The zero-order valence-corrected chi connectivity index (χ0v) is 16.0. The molecule has 0 aromatic carbocycles. The number of rotatable bonds is 8. The molecule has 0 aliphatic heterocycles. The number of halogens is 2. The van der Waals surface area contributed by atoms with E-state index in [0.717, 1.165) is 9.75 Å². The number of carbonyl (C=O) groups excluding carboxylic acids is 2. The van der Waals surface area contributed by atoms with Crippen LogP contribution in [0.1, 0.15) is 29.0 Å². The summed E-state index contributed by atoms with van der Waals surface area (Å²) in [6.07, 6.45) is 3.83. The highest BCUT2D eigenvalue weighted by molar-refractivity contribution is 7.18. The van der Waals surface area contributed by atoms with Gasteiger partial charge < -0.3 is 0 Å². The van der Waals surface area contributed by atoms with E-state index in [0.29, 0.717) is 15.1 Å². The van der Waals surface area contributed by atoms with Gasteiger partial charge >= 0.3 is 0 Å². The average molecular weight is 417 g/mol. The van der Waals surface area contributed by atoms with Gasteiger partial charge in [0.15, 0.2) is 0 Å². The largest absolute Gasteiger partial charge is 0.273 e. The summed E-state index contributed by atoms with van der Waals surface area (Å²) in [5.74, 6) is -0.521. The van der Waals surface area contributed by atoms with Crippen molar-refractivity contribution in [2.75, 3.05) is 0 Å². The molecule has 0 radical (unpaired) electrons. The van der Waals surface area contributed by atoms with Gasteiger partial charge in [0, 0.05) is 22.6 Å². The molecule has 2 amide bonds. The van der Waals surface area contributed by atoms with E-state index in [1.54, 1.807) is 24.3 Å². The molecule has 0 unspecified atom stereocenters. The van der Waals surface area contributed by atoms with E-state index in [2.05, 4.69) is 21.1 Å². The van der Waals surface area contributed by atoms with Gasteiger partial charge in [0.1, 0.15) is 0 Å². The van der Waals surface area contributed by atoms with Gasteiger partial charge in [0.25, 0.3) is 0 Å². The minimum absolute atomic E-state index is 0.195. The Hall–Kier alpha value is -1.74. The standard InChI is InChI=1S/C15H14Cl2N4O2S2/c16-12-6-4-10(24-12)8-18-20-14(22)2-1-3-15(23)21-19-9-11-5-7-13(17)25-11/h4-9H,1-3H2,(H,20,22)(H,21,23)/b18-8-,19-9-. The van der Waals surface area contributed by atoms with Crippen molar-refractivity contribution in [2.24, 2.45) is 10.2 Å². The Morgan fingerprint density at radius 3 is 1.68 bits per heavy atom. The molecule has 0 aliphatic rings. The molecular formula is C15H14Cl2N4O2S2. The molecule has 25 heavy (non-hydrogen) atoms. The summed E-state index contributed by atoms with van der Waals surface area (Å²) in [6.45, 7) is 0. The SMILES string of the molecule is O=C(CCCC(=O)N/N=C\c1ccc(Cl)s1)N/N=C\c1ccc(Cl)s1. The van der Waals surface area contributed by atoms with Crippen molar-refractivity contribution >= 4 is 70.1 Å². The molecular weight excluding hydrogens is 403 g/mol. The fourth-order valence-corrected chi connectivity index (χ4v) is 3.52. The summed E-state index contributed by atoms with van der Waals surface area (Å²) >= 11 is 14.3. The van der Waals surface area contributed by atoms with Crippen molar-refractivity contribution in [2.45, 2.75) is 19.3 Å². The molecule has 2 N–H and O–H groups in total. The Bertz CT molecular complexity index is 722. The van der Waals surface area contributed by atoms with E-state index in [1.807, 2.05) is 0 Å². The summed E-state index contributed by atoms with van der Waals surface area (Å²) in [5, 5.41) is 7.66. The van der Waals surface area contributed by atoms with Gasteiger partial charge in [-0.1, -0.05) is 23.2 Å². The number of nitrogens with one attached hydrogen (secondary N) is 2. The van der Waals surface area contributed by atoms with Gasteiger partial charge in [0.2, 0.25) is 11.8 Å². The zero-order chi connectivity index (χ0) is 18.1. The molecule has 0 saturated heterocycles. The van der Waals surface area contributed by atoms with Crippen molar-refractivity contribution in [3.63, 3.8) is 0 Å². The first-order chi connectivity index (χ1) is 12.0. The topological polar surface area (TPSA) is 82.9 Å². The van der Waals surface area contributed by atoms with Crippen molar-refractivity contribution < 1.29 is 9.59 Å². The Morgan fingerprint density at radius 2 is 1.32 bits per heavy atom. The molecule has 6 nitrogen and oxygen atoms in total. The molecule has 0 aliphatic carbocycles. The van der Waals surface area contributed by atoms with E-state index in [9.17, 15) is 9.59 Å². The zero-order valence-electron chi connectivity index (χ0n) is 12.9. The predicted molar refractivity (Wildman–Crippen MR) is 104 cm³/mol. The highest BCUT2D eigenvalue weighted by Crippen LogP contribution is 2.20. The number of nitrogens with zero attached hydrogens (tertiary/aromatic N) is 2. The maximum atomic E-state index is 11.6. The maximum Gasteiger partial charge on any atom is 0.240 e. The summed E-state index contributed by atoms with van der Waals surface area (Å²) in [4.78, 5) is 24.9. The lowest BCUT2D eigenvalue weighted by atomic mass is 10.2. The lowest BCUT2D eigenvalue weighted by Crippen LogP contribution is -2.20. The van der Waals surface area contributed by atoms with Crippen LogP contribution in [-0.4, -0.2) is 24.2 Å². The number of thiophene rings is 2. The minimum Gasteiger partial charge on any atom is -0.273 e. The number of hydrogen-bond donors (Lipinski definition) is 2. The fourth-order valence-electron chi connectivity index (χ4n) is 1.65. The van der Waals surface area contributed by atoms with Crippen molar-refractivity contribution in [1.29, 1.82) is 0 Å². The second-order valence-electron chi connectivity index (χ2n) is 4.72. The Morgan fingerprint density at radius 1 is 0.880 bits per heavy atom. The third-order valence-electron chi connectivity index (χ3n) is 2.76. The highest BCUT2D eigenvalue weighted by Gasteiger charge is 2.04. The quantitative estimate of drug-likeness (QED) is 0.505. The lowest BCUT2D eigenvalue weighted by Gasteiger charge is -2.00. The van der Waals surface area contributed by atoms with E-state index in [1.165, 1.54) is 35.1 Å². The van der Waals surface area contributed by atoms with Gasteiger partial charge in [-0.2, -0.15) is 10.2 Å². The van der Waals surface area contributed by atoms with Gasteiger partial charge in [-0.25, -0.2) is 10.9 Å². The predicted octanol–water partition coefficient (Wildman–Crippen LogP) is 3.89. The summed E-state index contributed by atoms with van der Waals surface area (Å²) in [5.41, 5.74) is 4.81. The number of hydrogen-bond acceptors (Lipinski definition) is 6. The molecule has 10 heteroatoms. The van der Waals surface area contributed by atoms with E-state index >= 15 is 0 Å². The second kappa shape index (κ2) is 10.3. The molecule has 0 saturated carbocycles. The first-order valence-electron chi connectivity index (χ1n) is 7.17. The van der Waals surface area contributed by atoms with Gasteiger partial charge in [-0.15, -0.1) is 22.7 Å². The highest BCUT2D eigenvalue weighted by atomic mass is 35.5. The Labute approximate surface area is 162 Å². The fraction of sp³-hybridized carbons (Fsp3) is 0.200. The van der Waals surface area contributed by atoms with Crippen LogP contribution in [0, 0.1) is 0 Å². The van der Waals surface area contributed by atoms with Crippen LogP contribution in [-0.2, 0) is 9.59 Å². The van der Waals surface area contributed by atoms with E-state index in [4.69, 9.17) is 23.2 Å². The number of hydrazone groups is 2. The van der Waals surface area contributed by atoms with Gasteiger partial charge in [-0.3, -0.25) is 9.59 Å². The Kier molecular flexibility index (Phi) is 8.07. The summed E-state index contributed by atoms with van der Waals surface area (Å²) < 4.78 is 1.31. The van der Waals surface area contributed by atoms with E-state index in [-0.39, 0.29) is 24.7 Å². The monoisotopic (exact) mass is 416 g/mol. The van der Waals surface area contributed by atoms with Crippen molar-refractivity contribution in [1.82, 2.24) is 10.9 Å². The molecule has 2 aromatic rings. The van der Waals surface area contributed by atoms with Crippen LogP contribution in [0.5, 0.6) is 0 Å². The normalized spacial score (nSPS) is 11.3. The minimum atomic E-state index is -0.261. The molecule has 2 rings (SSSR count). The molecule has 0 spiro atoms. The van der Waals surface area contributed by atoms with E-state index < -0.39 is 0 Å². The van der Waals surface area contributed by atoms with Crippen LogP contribution in [0.4, 0.5) is 0 Å². The average Bonchev–Trinajstić information content (AvgIpc) is 3.16. The molecule has 0 bridgehead atoms. The second-order valence-corrected chi connectivity index (χ2v) is 8.22.